The smallest absolute Gasteiger partial charge is 0.326 e. The number of hydrogen-bond acceptors (Lipinski definition) is 4. The quantitative estimate of drug-likeness (QED) is 0.294. The van der Waals surface area contributed by atoms with E-state index in [0.29, 0.717) is 42.3 Å². The first kappa shape index (κ1) is 25.9. The van der Waals surface area contributed by atoms with Crippen molar-refractivity contribution in [2.45, 2.75) is 19.5 Å². The van der Waals surface area contributed by atoms with E-state index < -0.39 is 11.6 Å². The first-order valence-corrected chi connectivity index (χ1v) is 12.6. The molecule has 6 nitrogen and oxygen atoms in total. The lowest BCUT2D eigenvalue weighted by molar-refractivity contribution is 0.240. The van der Waals surface area contributed by atoms with Gasteiger partial charge in [0.25, 0.3) is 0 Å². The molecule has 5 rings (SSSR count). The van der Waals surface area contributed by atoms with E-state index in [1.807, 2.05) is 6.07 Å². The van der Waals surface area contributed by atoms with Crippen molar-refractivity contribution in [3.63, 3.8) is 0 Å². The molecule has 0 fully saturated rings. The van der Waals surface area contributed by atoms with Crippen LogP contribution in [0.3, 0.4) is 0 Å². The van der Waals surface area contributed by atoms with Gasteiger partial charge in [-0.25, -0.2) is 18.6 Å². The van der Waals surface area contributed by atoms with Crippen molar-refractivity contribution in [2.24, 2.45) is 0 Å². The minimum atomic E-state index is -0.719. The molecule has 0 unspecified atom stereocenters. The standard InChI is InChI=1S/C28H21Cl2F2N5O/c29-19-12-23(31)21(24(32)13-19)2-1-8-36-9-6-25-22(16-36)20-4-3-17(14-33)10-26(20)37(25)28(38)35-15-18-5-7-34-27(30)11-18/h1-5,7,10-13H,6,8-9,15-16H2,(H,35,38)/b2-1+. The summed E-state index contributed by atoms with van der Waals surface area (Å²) in [5.41, 5.74) is 3.63. The SMILES string of the molecule is N#Cc1ccc2c3c(n(C(=O)NCc4ccnc(Cl)c4)c2c1)CCN(C/C=C/c1c(F)cc(Cl)cc1F)C3. The van der Waals surface area contributed by atoms with Gasteiger partial charge in [0.1, 0.15) is 16.8 Å². The fourth-order valence-electron chi connectivity index (χ4n) is 4.71. The Hall–Kier alpha value is -3.77. The molecular formula is C28H21Cl2F2N5O. The van der Waals surface area contributed by atoms with Crippen LogP contribution in [0, 0.1) is 23.0 Å². The first-order chi connectivity index (χ1) is 18.3. The molecule has 38 heavy (non-hydrogen) atoms. The molecule has 0 atom stereocenters. The number of pyridine rings is 1. The van der Waals surface area contributed by atoms with Crippen molar-refractivity contribution in [3.8, 4) is 6.07 Å². The zero-order valence-electron chi connectivity index (χ0n) is 20.0. The number of benzene rings is 2. The van der Waals surface area contributed by atoms with Crippen LogP contribution in [0.4, 0.5) is 13.6 Å². The predicted molar refractivity (Wildman–Crippen MR) is 143 cm³/mol. The van der Waals surface area contributed by atoms with Gasteiger partial charge >= 0.3 is 6.03 Å². The summed E-state index contributed by atoms with van der Waals surface area (Å²) in [6, 6.07) is 12.8. The van der Waals surface area contributed by atoms with Crippen LogP contribution in [0.15, 0.2) is 54.7 Å². The number of fused-ring (bicyclic) bond motifs is 3. The number of carbonyl (C=O) groups is 1. The third kappa shape index (κ3) is 5.27. The summed E-state index contributed by atoms with van der Waals surface area (Å²) in [5, 5.41) is 13.6. The van der Waals surface area contributed by atoms with Gasteiger partial charge in [0.2, 0.25) is 0 Å². The Bertz CT molecular complexity index is 1600. The highest BCUT2D eigenvalue weighted by molar-refractivity contribution is 6.30. The lowest BCUT2D eigenvalue weighted by Crippen LogP contribution is -2.34. The third-order valence-electron chi connectivity index (χ3n) is 6.49. The Labute approximate surface area is 227 Å². The molecule has 1 aliphatic rings. The van der Waals surface area contributed by atoms with Crippen LogP contribution >= 0.6 is 23.2 Å². The van der Waals surface area contributed by atoms with E-state index in [1.54, 1.807) is 41.1 Å². The minimum absolute atomic E-state index is 0.00488. The number of amides is 1. The Morgan fingerprint density at radius 1 is 1.16 bits per heavy atom. The second kappa shape index (κ2) is 10.9. The Morgan fingerprint density at radius 3 is 2.68 bits per heavy atom. The summed E-state index contributed by atoms with van der Waals surface area (Å²) in [5.74, 6) is -1.44. The summed E-state index contributed by atoms with van der Waals surface area (Å²) in [4.78, 5) is 19.4. The van der Waals surface area contributed by atoms with E-state index in [2.05, 4.69) is 21.3 Å². The van der Waals surface area contributed by atoms with Crippen molar-refractivity contribution in [2.75, 3.05) is 13.1 Å². The second-order valence-electron chi connectivity index (χ2n) is 8.92. The number of halogens is 4. The molecule has 0 bridgehead atoms. The molecule has 0 radical (unpaired) electrons. The molecule has 10 heteroatoms. The highest BCUT2D eigenvalue weighted by Crippen LogP contribution is 2.32. The average Bonchev–Trinajstić information content (AvgIpc) is 3.21. The van der Waals surface area contributed by atoms with E-state index in [1.165, 1.54) is 6.08 Å². The van der Waals surface area contributed by atoms with E-state index >= 15 is 0 Å². The van der Waals surface area contributed by atoms with Gasteiger partial charge in [0.15, 0.2) is 0 Å². The number of nitrogens with zero attached hydrogens (tertiary/aromatic N) is 4. The highest BCUT2D eigenvalue weighted by atomic mass is 35.5. The lowest BCUT2D eigenvalue weighted by Gasteiger charge is -2.27. The predicted octanol–water partition coefficient (Wildman–Crippen LogP) is 6.32. The van der Waals surface area contributed by atoms with Gasteiger partial charge in [-0.05, 0) is 47.5 Å². The van der Waals surface area contributed by atoms with Gasteiger partial charge in [-0.2, -0.15) is 5.26 Å². The molecule has 192 valence electrons. The van der Waals surface area contributed by atoms with E-state index in [-0.39, 0.29) is 23.2 Å². The Balaban J connectivity index is 1.40. The van der Waals surface area contributed by atoms with Crippen molar-refractivity contribution >= 4 is 46.2 Å². The van der Waals surface area contributed by atoms with Gasteiger partial charge < -0.3 is 5.32 Å². The molecular weight excluding hydrogens is 531 g/mol. The summed E-state index contributed by atoms with van der Waals surface area (Å²) in [6.45, 7) is 1.90. The number of hydrogen-bond donors (Lipinski definition) is 1. The monoisotopic (exact) mass is 551 g/mol. The molecule has 1 aliphatic heterocycles. The lowest BCUT2D eigenvalue weighted by atomic mass is 10.0. The van der Waals surface area contributed by atoms with Gasteiger partial charge in [-0.3, -0.25) is 9.47 Å². The number of rotatable bonds is 5. The first-order valence-electron chi connectivity index (χ1n) is 11.8. The van der Waals surface area contributed by atoms with Gasteiger partial charge in [0, 0.05) is 60.5 Å². The van der Waals surface area contributed by atoms with Crippen molar-refractivity contribution in [3.05, 3.63) is 104 Å². The fraction of sp³-hybridized carbons (Fsp3) is 0.179. The second-order valence-corrected chi connectivity index (χ2v) is 9.74. The molecule has 0 aliphatic carbocycles. The maximum Gasteiger partial charge on any atom is 0.326 e. The van der Waals surface area contributed by atoms with Gasteiger partial charge in [-0.15, -0.1) is 0 Å². The van der Waals surface area contributed by atoms with Crippen LogP contribution in [0.2, 0.25) is 10.2 Å². The average molecular weight is 552 g/mol. The zero-order valence-corrected chi connectivity index (χ0v) is 21.5. The Morgan fingerprint density at radius 2 is 1.95 bits per heavy atom. The van der Waals surface area contributed by atoms with Gasteiger partial charge in [-0.1, -0.05) is 41.4 Å². The van der Waals surface area contributed by atoms with Gasteiger partial charge in [0.05, 0.1) is 17.1 Å². The van der Waals surface area contributed by atoms with E-state index in [4.69, 9.17) is 23.2 Å². The molecule has 0 saturated carbocycles. The Kier molecular flexibility index (Phi) is 7.43. The number of nitriles is 1. The summed E-state index contributed by atoms with van der Waals surface area (Å²) < 4.78 is 29.9. The largest absolute Gasteiger partial charge is 0.333 e. The summed E-state index contributed by atoms with van der Waals surface area (Å²) in [7, 11) is 0. The molecule has 1 N–H and O–H groups in total. The van der Waals surface area contributed by atoms with Crippen molar-refractivity contribution in [1.29, 1.82) is 5.26 Å². The number of carbonyl (C=O) groups excluding carboxylic acids is 1. The molecule has 2 aromatic heterocycles. The number of nitrogens with one attached hydrogen (secondary N) is 1. The van der Waals surface area contributed by atoms with Crippen LogP contribution in [0.5, 0.6) is 0 Å². The van der Waals surface area contributed by atoms with E-state index in [0.717, 1.165) is 34.3 Å². The molecule has 4 aromatic rings. The molecule has 1 amide bonds. The zero-order chi connectivity index (χ0) is 26.8. The minimum Gasteiger partial charge on any atom is -0.333 e. The maximum absolute atomic E-state index is 14.1. The summed E-state index contributed by atoms with van der Waals surface area (Å²) >= 11 is 11.7. The van der Waals surface area contributed by atoms with Crippen molar-refractivity contribution in [1.82, 2.24) is 19.8 Å². The van der Waals surface area contributed by atoms with Crippen LogP contribution in [-0.2, 0) is 19.5 Å². The summed E-state index contributed by atoms with van der Waals surface area (Å²) in [6.07, 6.45) is 5.28. The molecule has 0 spiro atoms. The molecule has 3 heterocycles. The van der Waals surface area contributed by atoms with Crippen molar-refractivity contribution < 1.29 is 13.6 Å². The van der Waals surface area contributed by atoms with Crippen LogP contribution < -0.4 is 5.32 Å². The third-order valence-corrected chi connectivity index (χ3v) is 6.91. The topological polar surface area (TPSA) is 74.0 Å². The molecule has 0 saturated heterocycles. The van der Waals surface area contributed by atoms with Crippen LogP contribution in [-0.4, -0.2) is 33.6 Å². The number of aromatic nitrogens is 2. The molecule has 2 aromatic carbocycles. The maximum atomic E-state index is 14.1. The van der Waals surface area contributed by atoms with E-state index in [9.17, 15) is 18.8 Å². The van der Waals surface area contributed by atoms with Crippen LogP contribution in [0.25, 0.3) is 17.0 Å². The normalized spacial score (nSPS) is 13.6. The highest BCUT2D eigenvalue weighted by Gasteiger charge is 2.26. The fourth-order valence-corrected chi connectivity index (χ4v) is 5.10. The van der Waals surface area contributed by atoms with Crippen LogP contribution in [0.1, 0.15) is 27.9 Å².